The van der Waals surface area contributed by atoms with E-state index in [2.05, 4.69) is 4.98 Å². The zero-order valence-corrected chi connectivity index (χ0v) is 8.08. The molecule has 0 aliphatic rings. The third-order valence-electron chi connectivity index (χ3n) is 1.97. The van der Waals surface area contributed by atoms with Crippen molar-refractivity contribution in [2.45, 2.75) is 6.10 Å². The average Bonchev–Trinajstić information content (AvgIpc) is 2.81. The standard InChI is InChI=1S/C12H11NO2/c14-11(12-5-3-9-15-12)7-6-10-4-1-2-8-13-10/h1-9,11,14H/b7-6+. The Labute approximate surface area is 87.7 Å². The maximum absolute atomic E-state index is 9.66. The summed E-state index contributed by atoms with van der Waals surface area (Å²) in [7, 11) is 0. The Morgan fingerprint density at radius 2 is 2.20 bits per heavy atom. The fourth-order valence-corrected chi connectivity index (χ4v) is 1.22. The van der Waals surface area contributed by atoms with Crippen molar-refractivity contribution in [2.75, 3.05) is 0 Å². The second-order valence-corrected chi connectivity index (χ2v) is 3.07. The monoisotopic (exact) mass is 201 g/mol. The Kier molecular flexibility index (Phi) is 2.95. The first-order valence-electron chi connectivity index (χ1n) is 4.67. The molecule has 0 aliphatic carbocycles. The summed E-state index contributed by atoms with van der Waals surface area (Å²) in [4.78, 5) is 4.10. The van der Waals surface area contributed by atoms with Gasteiger partial charge in [0.1, 0.15) is 11.9 Å². The predicted octanol–water partition coefficient (Wildman–Crippen LogP) is 2.42. The maximum atomic E-state index is 9.66. The molecule has 0 aromatic carbocycles. The quantitative estimate of drug-likeness (QED) is 0.829. The molecule has 76 valence electrons. The van der Waals surface area contributed by atoms with Crippen molar-refractivity contribution in [3.8, 4) is 0 Å². The molecule has 0 fully saturated rings. The molecule has 0 amide bonds. The van der Waals surface area contributed by atoms with Gasteiger partial charge in [-0.05, 0) is 36.4 Å². The van der Waals surface area contributed by atoms with Gasteiger partial charge in [0.25, 0.3) is 0 Å². The van der Waals surface area contributed by atoms with Crippen molar-refractivity contribution < 1.29 is 9.52 Å². The summed E-state index contributed by atoms with van der Waals surface area (Å²) < 4.78 is 5.06. The largest absolute Gasteiger partial charge is 0.466 e. The molecule has 3 nitrogen and oxygen atoms in total. The Balaban J connectivity index is 2.06. The van der Waals surface area contributed by atoms with Crippen LogP contribution in [0.2, 0.25) is 0 Å². The number of hydrogen-bond acceptors (Lipinski definition) is 3. The molecule has 1 unspecified atom stereocenters. The molecule has 3 heteroatoms. The van der Waals surface area contributed by atoms with Gasteiger partial charge in [0.15, 0.2) is 0 Å². The van der Waals surface area contributed by atoms with Gasteiger partial charge in [0, 0.05) is 6.20 Å². The maximum Gasteiger partial charge on any atom is 0.136 e. The van der Waals surface area contributed by atoms with Gasteiger partial charge in [-0.25, -0.2) is 0 Å². The normalized spacial score (nSPS) is 13.1. The van der Waals surface area contributed by atoms with Gasteiger partial charge >= 0.3 is 0 Å². The summed E-state index contributed by atoms with van der Waals surface area (Å²) in [5.74, 6) is 0.530. The number of hydrogen-bond donors (Lipinski definition) is 1. The van der Waals surface area contributed by atoms with E-state index in [0.29, 0.717) is 5.76 Å². The van der Waals surface area contributed by atoms with Crippen molar-refractivity contribution in [3.63, 3.8) is 0 Å². The molecule has 0 saturated carbocycles. The topological polar surface area (TPSA) is 46.3 Å². The minimum atomic E-state index is -0.720. The van der Waals surface area contributed by atoms with Crippen LogP contribution >= 0.6 is 0 Å². The van der Waals surface area contributed by atoms with Gasteiger partial charge in [-0.15, -0.1) is 0 Å². The Morgan fingerprint density at radius 1 is 1.27 bits per heavy atom. The Bertz CT molecular complexity index is 420. The van der Waals surface area contributed by atoms with E-state index >= 15 is 0 Å². The van der Waals surface area contributed by atoms with Crippen LogP contribution < -0.4 is 0 Å². The van der Waals surface area contributed by atoms with E-state index < -0.39 is 6.10 Å². The minimum Gasteiger partial charge on any atom is -0.466 e. The lowest BCUT2D eigenvalue weighted by Crippen LogP contribution is -1.89. The van der Waals surface area contributed by atoms with E-state index in [9.17, 15) is 5.11 Å². The average molecular weight is 201 g/mol. The SMILES string of the molecule is OC(/C=C/c1ccccn1)c1ccco1. The van der Waals surface area contributed by atoms with Crippen LogP contribution in [0.5, 0.6) is 0 Å². The lowest BCUT2D eigenvalue weighted by Gasteiger charge is -1.99. The van der Waals surface area contributed by atoms with Crippen LogP contribution in [0.4, 0.5) is 0 Å². The first kappa shape index (κ1) is 9.68. The molecule has 1 N–H and O–H groups in total. The van der Waals surface area contributed by atoms with E-state index in [-0.39, 0.29) is 0 Å². The zero-order chi connectivity index (χ0) is 10.5. The number of pyridine rings is 1. The summed E-state index contributed by atoms with van der Waals surface area (Å²) in [6, 6.07) is 9.08. The molecule has 2 aromatic heterocycles. The first-order chi connectivity index (χ1) is 7.36. The van der Waals surface area contributed by atoms with Crippen molar-refractivity contribution in [3.05, 3.63) is 60.3 Å². The van der Waals surface area contributed by atoms with Gasteiger partial charge in [-0.1, -0.05) is 6.07 Å². The van der Waals surface area contributed by atoms with Gasteiger partial charge < -0.3 is 9.52 Å². The first-order valence-corrected chi connectivity index (χ1v) is 4.67. The Hall–Kier alpha value is -1.87. The van der Waals surface area contributed by atoms with Gasteiger partial charge in [0.05, 0.1) is 12.0 Å². The molecule has 15 heavy (non-hydrogen) atoms. The molecule has 0 spiro atoms. The minimum absolute atomic E-state index is 0.530. The van der Waals surface area contributed by atoms with Crippen LogP contribution in [0, 0.1) is 0 Å². The van der Waals surface area contributed by atoms with Gasteiger partial charge in [-0.2, -0.15) is 0 Å². The third kappa shape index (κ3) is 2.54. The summed E-state index contributed by atoms with van der Waals surface area (Å²) in [5, 5.41) is 9.66. The summed E-state index contributed by atoms with van der Waals surface area (Å²) in [6.45, 7) is 0. The van der Waals surface area contributed by atoms with Crippen LogP contribution in [-0.2, 0) is 0 Å². The van der Waals surface area contributed by atoms with E-state index in [1.807, 2.05) is 18.2 Å². The Morgan fingerprint density at radius 3 is 2.87 bits per heavy atom. The molecule has 2 heterocycles. The number of furan rings is 1. The second-order valence-electron chi connectivity index (χ2n) is 3.07. The molecule has 0 radical (unpaired) electrons. The van der Waals surface area contributed by atoms with Crippen LogP contribution in [0.15, 0.2) is 53.3 Å². The number of aliphatic hydroxyl groups is 1. The lowest BCUT2D eigenvalue weighted by molar-refractivity contribution is 0.198. The number of nitrogens with zero attached hydrogens (tertiary/aromatic N) is 1. The summed E-state index contributed by atoms with van der Waals surface area (Å²) >= 11 is 0. The van der Waals surface area contributed by atoms with E-state index in [0.717, 1.165) is 5.69 Å². The molecule has 1 atom stereocenters. The smallest absolute Gasteiger partial charge is 0.136 e. The van der Waals surface area contributed by atoms with E-state index in [1.165, 1.54) is 6.26 Å². The van der Waals surface area contributed by atoms with Crippen LogP contribution in [0.3, 0.4) is 0 Å². The van der Waals surface area contributed by atoms with Crippen molar-refractivity contribution in [1.29, 1.82) is 0 Å². The number of aliphatic hydroxyl groups excluding tert-OH is 1. The van der Waals surface area contributed by atoms with Crippen molar-refractivity contribution >= 4 is 6.08 Å². The van der Waals surface area contributed by atoms with Crippen LogP contribution in [-0.4, -0.2) is 10.1 Å². The van der Waals surface area contributed by atoms with E-state index in [4.69, 9.17) is 4.42 Å². The molecule has 2 aromatic rings. The fraction of sp³-hybridized carbons (Fsp3) is 0.0833. The molecule has 0 aliphatic heterocycles. The van der Waals surface area contributed by atoms with Crippen molar-refractivity contribution in [1.82, 2.24) is 4.98 Å². The second kappa shape index (κ2) is 4.57. The fourth-order valence-electron chi connectivity index (χ4n) is 1.22. The van der Waals surface area contributed by atoms with Crippen molar-refractivity contribution in [2.24, 2.45) is 0 Å². The third-order valence-corrected chi connectivity index (χ3v) is 1.97. The summed E-state index contributed by atoms with van der Waals surface area (Å²) in [6.07, 6.45) is 5.92. The number of aromatic nitrogens is 1. The highest BCUT2D eigenvalue weighted by molar-refractivity contribution is 5.44. The molecule has 2 rings (SSSR count). The highest BCUT2D eigenvalue weighted by Gasteiger charge is 2.04. The molecular formula is C12H11NO2. The molecule has 0 saturated heterocycles. The number of rotatable bonds is 3. The van der Waals surface area contributed by atoms with Crippen LogP contribution in [0.1, 0.15) is 17.6 Å². The predicted molar refractivity (Wildman–Crippen MR) is 56.9 cm³/mol. The summed E-state index contributed by atoms with van der Waals surface area (Å²) in [5.41, 5.74) is 0.808. The van der Waals surface area contributed by atoms with Gasteiger partial charge in [-0.3, -0.25) is 4.98 Å². The zero-order valence-electron chi connectivity index (χ0n) is 8.08. The van der Waals surface area contributed by atoms with Gasteiger partial charge in [0.2, 0.25) is 0 Å². The highest BCUT2D eigenvalue weighted by Crippen LogP contribution is 2.15. The lowest BCUT2D eigenvalue weighted by atomic mass is 10.2. The van der Waals surface area contributed by atoms with E-state index in [1.54, 1.807) is 30.5 Å². The highest BCUT2D eigenvalue weighted by atomic mass is 16.4. The molecular weight excluding hydrogens is 190 g/mol. The molecule has 0 bridgehead atoms. The van der Waals surface area contributed by atoms with Crippen LogP contribution in [0.25, 0.3) is 6.08 Å².